The molecule has 0 aliphatic carbocycles. The van der Waals surface area contributed by atoms with Crippen molar-refractivity contribution >= 4 is 9.84 Å². The zero-order valence-electron chi connectivity index (χ0n) is 11.9. The zero-order valence-corrected chi connectivity index (χ0v) is 12.7. The molecule has 3 nitrogen and oxygen atoms in total. The summed E-state index contributed by atoms with van der Waals surface area (Å²) in [6, 6.07) is 4.09. The predicted molar refractivity (Wildman–Crippen MR) is 77.1 cm³/mol. The van der Waals surface area contributed by atoms with E-state index in [2.05, 4.69) is 0 Å². The number of ether oxygens (including phenoxy) is 1. The highest BCUT2D eigenvalue weighted by atomic mass is 32.2. The molecular weight excluding hydrogens is 260 g/mol. The van der Waals surface area contributed by atoms with Crippen LogP contribution in [0.2, 0.25) is 0 Å². The zero-order chi connectivity index (χ0) is 14.0. The fraction of sp³-hybridized carbons (Fsp3) is 0.600. The number of sulfone groups is 1. The van der Waals surface area contributed by atoms with E-state index < -0.39 is 9.84 Å². The fourth-order valence-electron chi connectivity index (χ4n) is 2.78. The van der Waals surface area contributed by atoms with Crippen LogP contribution in [0.15, 0.2) is 12.1 Å². The molecule has 0 bridgehead atoms. The van der Waals surface area contributed by atoms with Crippen LogP contribution in [0.3, 0.4) is 0 Å². The average molecular weight is 282 g/mol. The summed E-state index contributed by atoms with van der Waals surface area (Å²) in [5.74, 6) is 0.282. The summed E-state index contributed by atoms with van der Waals surface area (Å²) in [6.07, 6.45) is 1.74. The van der Waals surface area contributed by atoms with Crippen molar-refractivity contribution in [2.75, 3.05) is 12.4 Å². The van der Waals surface area contributed by atoms with Crippen LogP contribution in [0.25, 0.3) is 0 Å². The summed E-state index contributed by atoms with van der Waals surface area (Å²) in [5, 5.41) is 0. The monoisotopic (exact) mass is 282 g/mol. The molecular formula is C15H22O3S. The summed E-state index contributed by atoms with van der Waals surface area (Å²) >= 11 is 0. The predicted octanol–water partition coefficient (Wildman–Crippen LogP) is 2.71. The van der Waals surface area contributed by atoms with E-state index >= 15 is 0 Å². The van der Waals surface area contributed by atoms with Crippen LogP contribution in [-0.4, -0.2) is 26.9 Å². The number of aryl methyl sites for hydroxylation is 3. The van der Waals surface area contributed by atoms with Crippen molar-refractivity contribution in [2.45, 2.75) is 45.5 Å². The SMILES string of the molecule is Cc1cc(C)c(CS(=O)(=O)C[C@@H]2CCCO2)c(C)c1. The quantitative estimate of drug-likeness (QED) is 0.853. The van der Waals surface area contributed by atoms with Crippen molar-refractivity contribution in [3.63, 3.8) is 0 Å². The molecule has 106 valence electrons. The molecule has 1 aromatic rings. The molecule has 0 saturated carbocycles. The number of hydrogen-bond donors (Lipinski definition) is 0. The maximum absolute atomic E-state index is 12.3. The maximum Gasteiger partial charge on any atom is 0.157 e. The number of benzene rings is 1. The maximum atomic E-state index is 12.3. The van der Waals surface area contributed by atoms with Gasteiger partial charge in [0, 0.05) is 6.61 Å². The molecule has 0 unspecified atom stereocenters. The van der Waals surface area contributed by atoms with E-state index in [1.54, 1.807) is 0 Å². The van der Waals surface area contributed by atoms with Gasteiger partial charge in [-0.3, -0.25) is 0 Å². The Bertz CT molecular complexity index is 532. The molecule has 19 heavy (non-hydrogen) atoms. The number of hydrogen-bond acceptors (Lipinski definition) is 3. The molecule has 0 spiro atoms. The van der Waals surface area contributed by atoms with Crippen molar-refractivity contribution in [1.29, 1.82) is 0 Å². The van der Waals surface area contributed by atoms with Crippen LogP contribution in [-0.2, 0) is 20.3 Å². The Labute approximate surface area is 115 Å². The fourth-order valence-corrected chi connectivity index (χ4v) is 4.62. The van der Waals surface area contributed by atoms with E-state index in [0.717, 1.165) is 29.5 Å². The van der Waals surface area contributed by atoms with Gasteiger partial charge in [0.15, 0.2) is 9.84 Å². The summed E-state index contributed by atoms with van der Waals surface area (Å²) in [6.45, 7) is 6.70. The molecule has 1 atom stereocenters. The minimum Gasteiger partial charge on any atom is -0.377 e. The van der Waals surface area contributed by atoms with Crippen LogP contribution in [0, 0.1) is 20.8 Å². The summed E-state index contributed by atoms with van der Waals surface area (Å²) in [5.41, 5.74) is 4.25. The second kappa shape index (κ2) is 5.63. The van der Waals surface area contributed by atoms with Crippen molar-refractivity contribution < 1.29 is 13.2 Å². The highest BCUT2D eigenvalue weighted by molar-refractivity contribution is 7.90. The molecule has 1 fully saturated rings. The standard InChI is InChI=1S/C15H22O3S/c1-11-7-12(2)15(13(3)8-11)10-19(16,17)9-14-5-4-6-18-14/h7-8,14H,4-6,9-10H2,1-3H3/t14-/m0/s1. The Morgan fingerprint density at radius 2 is 1.84 bits per heavy atom. The molecule has 0 amide bonds. The lowest BCUT2D eigenvalue weighted by molar-refractivity contribution is 0.127. The van der Waals surface area contributed by atoms with Gasteiger partial charge in [0.1, 0.15) is 0 Å². The van der Waals surface area contributed by atoms with E-state index in [9.17, 15) is 8.42 Å². The highest BCUT2D eigenvalue weighted by Gasteiger charge is 2.24. The van der Waals surface area contributed by atoms with E-state index in [1.165, 1.54) is 5.56 Å². The second-order valence-corrected chi connectivity index (χ2v) is 7.68. The normalized spacial score (nSPS) is 19.8. The Morgan fingerprint density at radius 3 is 2.37 bits per heavy atom. The molecule has 2 rings (SSSR count). The van der Waals surface area contributed by atoms with Crippen LogP contribution in [0.4, 0.5) is 0 Å². The average Bonchev–Trinajstić information content (AvgIpc) is 2.75. The van der Waals surface area contributed by atoms with Gasteiger partial charge in [0.25, 0.3) is 0 Å². The molecule has 4 heteroatoms. The van der Waals surface area contributed by atoms with Gasteiger partial charge in [-0.25, -0.2) is 8.42 Å². The van der Waals surface area contributed by atoms with Crippen molar-refractivity contribution in [1.82, 2.24) is 0 Å². The summed E-state index contributed by atoms with van der Waals surface area (Å²) in [7, 11) is -3.10. The first kappa shape index (κ1) is 14.5. The van der Waals surface area contributed by atoms with Gasteiger partial charge >= 0.3 is 0 Å². The van der Waals surface area contributed by atoms with Gasteiger partial charge in [0.2, 0.25) is 0 Å². The molecule has 1 aliphatic rings. The van der Waals surface area contributed by atoms with Crippen molar-refractivity contribution in [3.05, 3.63) is 34.4 Å². The molecule has 0 radical (unpaired) electrons. The van der Waals surface area contributed by atoms with Gasteiger partial charge in [-0.15, -0.1) is 0 Å². The first-order valence-corrected chi connectivity index (χ1v) is 8.58. The molecule has 1 aromatic carbocycles. The Morgan fingerprint density at radius 1 is 1.21 bits per heavy atom. The van der Waals surface area contributed by atoms with Gasteiger partial charge in [0.05, 0.1) is 17.6 Å². The van der Waals surface area contributed by atoms with Crippen LogP contribution < -0.4 is 0 Å². The van der Waals surface area contributed by atoms with Crippen LogP contribution >= 0.6 is 0 Å². The second-order valence-electron chi connectivity index (χ2n) is 5.57. The van der Waals surface area contributed by atoms with E-state index in [4.69, 9.17) is 4.74 Å². The van der Waals surface area contributed by atoms with Crippen LogP contribution in [0.5, 0.6) is 0 Å². The van der Waals surface area contributed by atoms with Crippen LogP contribution in [0.1, 0.15) is 35.1 Å². The lowest BCUT2D eigenvalue weighted by Gasteiger charge is -2.14. The van der Waals surface area contributed by atoms with Gasteiger partial charge in [-0.05, 0) is 50.3 Å². The Balaban J connectivity index is 2.15. The third-order valence-corrected chi connectivity index (χ3v) is 5.28. The first-order chi connectivity index (χ1) is 8.87. The summed E-state index contributed by atoms with van der Waals surface area (Å²) < 4.78 is 30.0. The smallest absolute Gasteiger partial charge is 0.157 e. The third kappa shape index (κ3) is 3.80. The topological polar surface area (TPSA) is 43.4 Å². The largest absolute Gasteiger partial charge is 0.377 e. The van der Waals surface area contributed by atoms with E-state index in [1.807, 2.05) is 32.9 Å². The molecule has 0 aromatic heterocycles. The minimum atomic E-state index is -3.10. The molecule has 1 aliphatic heterocycles. The number of rotatable bonds is 4. The van der Waals surface area contributed by atoms with Crippen molar-refractivity contribution in [2.24, 2.45) is 0 Å². The Hall–Kier alpha value is -0.870. The van der Waals surface area contributed by atoms with Gasteiger partial charge in [-0.2, -0.15) is 0 Å². The third-order valence-electron chi connectivity index (χ3n) is 3.67. The molecule has 1 saturated heterocycles. The molecule has 0 N–H and O–H groups in total. The van der Waals surface area contributed by atoms with Crippen molar-refractivity contribution in [3.8, 4) is 0 Å². The van der Waals surface area contributed by atoms with E-state index in [0.29, 0.717) is 6.61 Å². The minimum absolute atomic E-state index is 0.101. The first-order valence-electron chi connectivity index (χ1n) is 6.76. The summed E-state index contributed by atoms with van der Waals surface area (Å²) in [4.78, 5) is 0. The molecule has 1 heterocycles. The van der Waals surface area contributed by atoms with E-state index in [-0.39, 0.29) is 17.6 Å². The Kier molecular flexibility index (Phi) is 4.31. The lowest BCUT2D eigenvalue weighted by atomic mass is 10.0. The van der Waals surface area contributed by atoms with Gasteiger partial charge in [-0.1, -0.05) is 17.7 Å². The highest BCUT2D eigenvalue weighted by Crippen LogP contribution is 2.21. The van der Waals surface area contributed by atoms with Gasteiger partial charge < -0.3 is 4.74 Å². The lowest BCUT2D eigenvalue weighted by Crippen LogP contribution is -2.22.